The van der Waals surface area contributed by atoms with Crippen LogP contribution in [-0.4, -0.2) is 78.0 Å². The van der Waals surface area contributed by atoms with Gasteiger partial charge >= 0.3 is 6.09 Å². The summed E-state index contributed by atoms with van der Waals surface area (Å²) in [6.45, 7) is 0.205. The Balaban J connectivity index is 2.67. The Morgan fingerprint density at radius 3 is 2.59 bits per heavy atom. The van der Waals surface area contributed by atoms with Gasteiger partial charge in [-0.1, -0.05) is 0 Å². The molecule has 0 bridgehead atoms. The van der Waals surface area contributed by atoms with Crippen LogP contribution in [-0.2, 0) is 9.53 Å². The number of aliphatic hydroxyl groups is 1. The molecule has 17 heavy (non-hydrogen) atoms. The van der Waals surface area contributed by atoms with Crippen LogP contribution < -0.4 is 0 Å². The second kappa shape index (κ2) is 5.83. The van der Waals surface area contributed by atoms with Crippen LogP contribution in [0.4, 0.5) is 4.79 Å². The third kappa shape index (κ3) is 3.31. The molecular weight excluding hydrogens is 228 g/mol. The second-order valence-electron chi connectivity index (χ2n) is 4.14. The predicted molar refractivity (Wildman–Crippen MR) is 58.7 cm³/mol. The summed E-state index contributed by atoms with van der Waals surface area (Å²) in [7, 11) is 3.18. The molecule has 0 spiro atoms. The van der Waals surface area contributed by atoms with Gasteiger partial charge in [0.05, 0.1) is 25.9 Å². The Labute approximate surface area is 99.6 Å². The van der Waals surface area contributed by atoms with Gasteiger partial charge in [0.1, 0.15) is 6.04 Å². The number of nitrogens with zero attached hydrogens (tertiary/aromatic N) is 2. The van der Waals surface area contributed by atoms with E-state index < -0.39 is 12.1 Å². The second-order valence-corrected chi connectivity index (χ2v) is 4.14. The van der Waals surface area contributed by atoms with Crippen molar-refractivity contribution in [3.8, 4) is 0 Å². The van der Waals surface area contributed by atoms with Crippen LogP contribution in [0.15, 0.2) is 0 Å². The van der Waals surface area contributed by atoms with Crippen molar-refractivity contribution in [1.29, 1.82) is 0 Å². The molecule has 0 aromatic carbocycles. The van der Waals surface area contributed by atoms with E-state index in [9.17, 15) is 9.59 Å². The normalized spacial score (nSPS) is 23.8. The van der Waals surface area contributed by atoms with Crippen LogP contribution in [0.2, 0.25) is 0 Å². The van der Waals surface area contributed by atoms with Crippen molar-refractivity contribution in [1.82, 2.24) is 9.80 Å². The minimum Gasteiger partial charge on any atom is -0.465 e. The SMILES string of the molecule is CN(C)C(=O)[C@@H]1C[C@@H](OCCO)CN1C(=O)O. The molecule has 1 saturated heterocycles. The third-order valence-electron chi connectivity index (χ3n) is 2.68. The van der Waals surface area contributed by atoms with E-state index in [1.54, 1.807) is 14.1 Å². The molecule has 0 aliphatic carbocycles. The average Bonchev–Trinajstić information content (AvgIpc) is 2.69. The zero-order chi connectivity index (χ0) is 13.0. The summed E-state index contributed by atoms with van der Waals surface area (Å²) in [4.78, 5) is 25.3. The van der Waals surface area contributed by atoms with Crippen molar-refractivity contribution in [2.75, 3.05) is 33.9 Å². The van der Waals surface area contributed by atoms with Crippen LogP contribution in [0.5, 0.6) is 0 Å². The highest BCUT2D eigenvalue weighted by molar-refractivity contribution is 5.85. The van der Waals surface area contributed by atoms with Gasteiger partial charge in [-0.05, 0) is 0 Å². The fraction of sp³-hybridized carbons (Fsp3) is 0.800. The minimum absolute atomic E-state index is 0.115. The molecule has 7 nitrogen and oxygen atoms in total. The first-order chi connectivity index (χ1) is 7.97. The highest BCUT2D eigenvalue weighted by Crippen LogP contribution is 2.21. The number of carbonyl (C=O) groups is 2. The van der Waals surface area contributed by atoms with E-state index in [2.05, 4.69) is 0 Å². The lowest BCUT2D eigenvalue weighted by molar-refractivity contribution is -0.132. The fourth-order valence-corrected chi connectivity index (χ4v) is 1.88. The molecule has 2 N–H and O–H groups in total. The first-order valence-electron chi connectivity index (χ1n) is 5.40. The van der Waals surface area contributed by atoms with Gasteiger partial charge in [-0.15, -0.1) is 0 Å². The van der Waals surface area contributed by atoms with Crippen LogP contribution >= 0.6 is 0 Å². The van der Waals surface area contributed by atoms with E-state index in [1.807, 2.05) is 0 Å². The first kappa shape index (κ1) is 13.7. The molecule has 1 aliphatic heterocycles. The van der Waals surface area contributed by atoms with Gasteiger partial charge < -0.3 is 19.8 Å². The number of ether oxygens (including phenoxy) is 1. The first-order valence-corrected chi connectivity index (χ1v) is 5.40. The Morgan fingerprint density at radius 2 is 2.12 bits per heavy atom. The summed E-state index contributed by atoms with van der Waals surface area (Å²) in [5, 5.41) is 17.6. The van der Waals surface area contributed by atoms with E-state index >= 15 is 0 Å². The number of carbonyl (C=O) groups excluding carboxylic acids is 1. The zero-order valence-corrected chi connectivity index (χ0v) is 10.00. The Morgan fingerprint density at radius 1 is 1.47 bits per heavy atom. The van der Waals surface area contributed by atoms with Gasteiger partial charge in [0, 0.05) is 20.5 Å². The highest BCUT2D eigenvalue weighted by Gasteiger charge is 2.40. The van der Waals surface area contributed by atoms with Gasteiger partial charge in [0.25, 0.3) is 0 Å². The number of likely N-dealkylation sites (N-methyl/N-ethyl adjacent to an activating group) is 1. The maximum absolute atomic E-state index is 11.8. The molecule has 1 fully saturated rings. The Hall–Kier alpha value is -1.34. The van der Waals surface area contributed by atoms with E-state index in [1.165, 1.54) is 4.90 Å². The molecule has 1 aliphatic rings. The lowest BCUT2D eigenvalue weighted by Gasteiger charge is -2.23. The lowest BCUT2D eigenvalue weighted by atomic mass is 10.2. The molecular formula is C10H18N2O5. The number of rotatable bonds is 4. The summed E-state index contributed by atoms with van der Waals surface area (Å²) in [5.41, 5.74) is 0. The molecule has 0 aromatic rings. The lowest BCUT2D eigenvalue weighted by Crippen LogP contribution is -2.44. The monoisotopic (exact) mass is 246 g/mol. The maximum atomic E-state index is 11.8. The zero-order valence-electron chi connectivity index (χ0n) is 10.00. The Kier molecular flexibility index (Phi) is 4.71. The van der Waals surface area contributed by atoms with Gasteiger partial charge in [-0.25, -0.2) is 4.79 Å². The predicted octanol–water partition coefficient (Wildman–Crippen LogP) is -0.796. The van der Waals surface area contributed by atoms with Crippen molar-refractivity contribution < 1.29 is 24.5 Å². The quantitative estimate of drug-likeness (QED) is 0.678. The van der Waals surface area contributed by atoms with Crippen molar-refractivity contribution in [3.05, 3.63) is 0 Å². The molecule has 1 heterocycles. The number of hydrogen-bond acceptors (Lipinski definition) is 4. The minimum atomic E-state index is -1.12. The van der Waals surface area contributed by atoms with Crippen molar-refractivity contribution in [2.24, 2.45) is 0 Å². The van der Waals surface area contributed by atoms with Crippen LogP contribution in [0, 0.1) is 0 Å². The van der Waals surface area contributed by atoms with Gasteiger partial charge in [0.2, 0.25) is 5.91 Å². The van der Waals surface area contributed by atoms with Crippen molar-refractivity contribution in [3.63, 3.8) is 0 Å². The van der Waals surface area contributed by atoms with Gasteiger partial charge in [-0.2, -0.15) is 0 Å². The number of carboxylic acid groups (broad SMARTS) is 1. The van der Waals surface area contributed by atoms with E-state index in [0.717, 1.165) is 4.90 Å². The highest BCUT2D eigenvalue weighted by atomic mass is 16.5. The van der Waals surface area contributed by atoms with Gasteiger partial charge in [-0.3, -0.25) is 9.69 Å². The number of hydrogen-bond donors (Lipinski definition) is 2. The van der Waals surface area contributed by atoms with Crippen LogP contribution in [0.25, 0.3) is 0 Å². The molecule has 2 amide bonds. The molecule has 98 valence electrons. The standard InChI is InChI=1S/C10H18N2O5/c1-11(2)9(14)8-5-7(17-4-3-13)6-12(8)10(15)16/h7-8,13H,3-6H2,1-2H3,(H,15,16)/t7-,8+/m1/s1. The molecule has 1 rings (SSSR count). The number of aliphatic hydroxyl groups excluding tert-OH is 1. The van der Waals surface area contributed by atoms with Crippen molar-refractivity contribution in [2.45, 2.75) is 18.6 Å². The topological polar surface area (TPSA) is 90.3 Å². The molecule has 0 radical (unpaired) electrons. The average molecular weight is 246 g/mol. The van der Waals surface area contributed by atoms with Crippen LogP contribution in [0.3, 0.4) is 0 Å². The molecule has 7 heteroatoms. The molecule has 0 unspecified atom stereocenters. The fourth-order valence-electron chi connectivity index (χ4n) is 1.88. The third-order valence-corrected chi connectivity index (χ3v) is 2.68. The Bertz CT molecular complexity index is 294. The summed E-state index contributed by atoms with van der Waals surface area (Å²) in [6, 6.07) is -0.689. The molecule has 0 aromatic heterocycles. The van der Waals surface area contributed by atoms with Gasteiger partial charge in [0.15, 0.2) is 0 Å². The summed E-state index contributed by atoms with van der Waals surface area (Å²) >= 11 is 0. The summed E-state index contributed by atoms with van der Waals surface area (Å²) < 4.78 is 5.27. The van der Waals surface area contributed by atoms with Crippen LogP contribution in [0.1, 0.15) is 6.42 Å². The van der Waals surface area contributed by atoms with E-state index in [0.29, 0.717) is 6.42 Å². The molecule has 0 saturated carbocycles. The van der Waals surface area contributed by atoms with E-state index in [4.69, 9.17) is 14.9 Å². The van der Waals surface area contributed by atoms with E-state index in [-0.39, 0.29) is 31.8 Å². The smallest absolute Gasteiger partial charge is 0.408 e. The summed E-state index contributed by atoms with van der Waals surface area (Å²) in [5.74, 6) is -0.248. The number of likely N-dealkylation sites (tertiary alicyclic amines) is 1. The largest absolute Gasteiger partial charge is 0.465 e. The van der Waals surface area contributed by atoms with Crippen molar-refractivity contribution >= 4 is 12.0 Å². The maximum Gasteiger partial charge on any atom is 0.408 e. The molecule has 2 atom stereocenters. The summed E-state index contributed by atoms with van der Waals surface area (Å²) in [6.07, 6.45) is -1.11. The number of amides is 2.